The number of ether oxygens (including phenoxy) is 1. The molecule has 1 atom stereocenters. The van der Waals surface area contributed by atoms with Crippen LogP contribution in [0, 0.1) is 6.92 Å². The van der Waals surface area contributed by atoms with Crippen LogP contribution in [0.3, 0.4) is 0 Å². The zero-order valence-corrected chi connectivity index (χ0v) is 16.3. The first kappa shape index (κ1) is 19.2. The Morgan fingerprint density at radius 2 is 1.88 bits per heavy atom. The molecule has 0 aromatic heterocycles. The molecule has 0 bridgehead atoms. The van der Waals surface area contributed by atoms with Crippen molar-refractivity contribution in [1.29, 1.82) is 0 Å². The predicted octanol–water partition coefficient (Wildman–Crippen LogP) is 2.61. The van der Waals surface area contributed by atoms with Gasteiger partial charge < -0.3 is 10.1 Å². The van der Waals surface area contributed by atoms with Crippen LogP contribution < -0.4 is 10.1 Å². The molecular formula is C19H28N2O4S. The molecule has 0 unspecified atom stereocenters. The Bertz CT molecular complexity index is 757. The van der Waals surface area contributed by atoms with Crippen LogP contribution in [0.15, 0.2) is 23.1 Å². The zero-order chi connectivity index (χ0) is 18.7. The minimum atomic E-state index is -3.74. The van der Waals surface area contributed by atoms with Crippen LogP contribution >= 0.6 is 0 Å². The Labute approximate surface area is 156 Å². The van der Waals surface area contributed by atoms with Gasteiger partial charge >= 0.3 is 0 Å². The molecular weight excluding hydrogens is 352 g/mol. The van der Waals surface area contributed by atoms with Crippen molar-refractivity contribution in [3.05, 3.63) is 23.8 Å². The van der Waals surface area contributed by atoms with E-state index in [1.54, 1.807) is 25.1 Å². The molecule has 1 amide bonds. The first-order valence-electron chi connectivity index (χ1n) is 9.40. The van der Waals surface area contributed by atoms with Crippen molar-refractivity contribution in [2.24, 2.45) is 0 Å². The number of carbonyl (C=O) groups is 1. The Hall–Kier alpha value is -1.60. The number of carbonyl (C=O) groups excluding carboxylic acids is 1. The van der Waals surface area contributed by atoms with Crippen molar-refractivity contribution in [3.63, 3.8) is 0 Å². The van der Waals surface area contributed by atoms with Gasteiger partial charge in [0.15, 0.2) is 0 Å². The van der Waals surface area contributed by atoms with E-state index >= 15 is 0 Å². The summed E-state index contributed by atoms with van der Waals surface area (Å²) in [6.45, 7) is 2.14. The molecule has 1 aliphatic carbocycles. The van der Waals surface area contributed by atoms with Crippen LogP contribution in [-0.4, -0.2) is 44.4 Å². The van der Waals surface area contributed by atoms with Crippen LogP contribution in [0.4, 0.5) is 0 Å². The van der Waals surface area contributed by atoms with E-state index in [2.05, 4.69) is 5.32 Å². The maximum absolute atomic E-state index is 13.2. The zero-order valence-electron chi connectivity index (χ0n) is 15.5. The van der Waals surface area contributed by atoms with Crippen molar-refractivity contribution < 1.29 is 17.9 Å². The summed E-state index contributed by atoms with van der Waals surface area (Å²) in [4.78, 5) is 13.0. The van der Waals surface area contributed by atoms with E-state index in [0.717, 1.165) is 25.7 Å². The molecule has 1 saturated heterocycles. The average Bonchev–Trinajstić information content (AvgIpc) is 3.14. The van der Waals surface area contributed by atoms with E-state index in [1.807, 2.05) is 0 Å². The number of hydrogen-bond acceptors (Lipinski definition) is 4. The molecule has 1 saturated carbocycles. The van der Waals surface area contributed by atoms with Crippen molar-refractivity contribution in [3.8, 4) is 5.75 Å². The number of hydrogen-bond donors (Lipinski definition) is 1. The first-order chi connectivity index (χ1) is 12.4. The highest BCUT2D eigenvalue weighted by Gasteiger charge is 2.40. The van der Waals surface area contributed by atoms with Gasteiger partial charge in [0.25, 0.3) is 0 Å². The summed E-state index contributed by atoms with van der Waals surface area (Å²) in [7, 11) is -2.23. The van der Waals surface area contributed by atoms with Gasteiger partial charge in [0.2, 0.25) is 15.9 Å². The van der Waals surface area contributed by atoms with Crippen LogP contribution in [0.25, 0.3) is 0 Å². The Balaban J connectivity index is 1.81. The van der Waals surface area contributed by atoms with Gasteiger partial charge in [-0.1, -0.05) is 25.3 Å². The number of sulfonamides is 1. The highest BCUT2D eigenvalue weighted by Crippen LogP contribution is 2.30. The smallest absolute Gasteiger partial charge is 0.244 e. The average molecular weight is 381 g/mol. The lowest BCUT2D eigenvalue weighted by Crippen LogP contribution is -2.49. The summed E-state index contributed by atoms with van der Waals surface area (Å²) in [6, 6.07) is 4.58. The maximum Gasteiger partial charge on any atom is 0.244 e. The molecule has 7 heteroatoms. The minimum absolute atomic E-state index is 0.154. The highest BCUT2D eigenvalue weighted by atomic mass is 32.2. The maximum atomic E-state index is 13.2. The summed E-state index contributed by atoms with van der Waals surface area (Å²) in [5, 5.41) is 3.08. The number of aryl methyl sites for hydroxylation is 1. The summed E-state index contributed by atoms with van der Waals surface area (Å²) >= 11 is 0. The minimum Gasteiger partial charge on any atom is -0.497 e. The Morgan fingerprint density at radius 3 is 2.58 bits per heavy atom. The lowest BCUT2D eigenvalue weighted by atomic mass is 9.95. The van der Waals surface area contributed by atoms with E-state index < -0.39 is 16.1 Å². The van der Waals surface area contributed by atoms with Gasteiger partial charge in [0.1, 0.15) is 11.8 Å². The van der Waals surface area contributed by atoms with Crippen LogP contribution in [-0.2, 0) is 14.8 Å². The van der Waals surface area contributed by atoms with Crippen molar-refractivity contribution in [2.75, 3.05) is 13.7 Å². The summed E-state index contributed by atoms with van der Waals surface area (Å²) in [5.74, 6) is 0.343. The fourth-order valence-electron chi connectivity index (χ4n) is 3.95. The number of methoxy groups -OCH3 is 1. The van der Waals surface area contributed by atoms with Gasteiger partial charge in [0, 0.05) is 18.7 Å². The molecule has 144 valence electrons. The molecule has 2 fully saturated rings. The second kappa shape index (κ2) is 7.96. The monoisotopic (exact) mass is 380 g/mol. The SMILES string of the molecule is COc1ccc(C)c(S(=O)(=O)N2CCC[C@@H]2C(=O)NC2CCCCC2)c1. The van der Waals surface area contributed by atoms with Gasteiger partial charge in [-0.15, -0.1) is 0 Å². The molecule has 6 nitrogen and oxygen atoms in total. The van der Waals surface area contributed by atoms with E-state index in [0.29, 0.717) is 30.7 Å². The van der Waals surface area contributed by atoms with E-state index in [4.69, 9.17) is 4.74 Å². The molecule has 1 heterocycles. The van der Waals surface area contributed by atoms with E-state index in [-0.39, 0.29) is 16.8 Å². The number of nitrogens with one attached hydrogen (secondary N) is 1. The number of nitrogens with zero attached hydrogens (tertiary/aromatic N) is 1. The third-order valence-electron chi connectivity index (χ3n) is 5.44. The van der Waals surface area contributed by atoms with Gasteiger partial charge in [-0.05, 0) is 44.2 Å². The Morgan fingerprint density at radius 1 is 1.15 bits per heavy atom. The van der Waals surface area contributed by atoms with E-state index in [1.165, 1.54) is 17.8 Å². The van der Waals surface area contributed by atoms with Gasteiger partial charge in [-0.2, -0.15) is 4.31 Å². The van der Waals surface area contributed by atoms with Gasteiger partial charge in [0.05, 0.1) is 12.0 Å². The molecule has 1 aliphatic heterocycles. The van der Waals surface area contributed by atoms with Crippen LogP contribution in [0.5, 0.6) is 5.75 Å². The number of benzene rings is 1. The normalized spacial score (nSPS) is 22.3. The second-order valence-corrected chi connectivity index (χ2v) is 9.11. The largest absolute Gasteiger partial charge is 0.497 e. The molecule has 1 N–H and O–H groups in total. The topological polar surface area (TPSA) is 75.7 Å². The third-order valence-corrected chi connectivity index (χ3v) is 7.49. The third kappa shape index (κ3) is 3.88. The standard InChI is InChI=1S/C19H28N2O4S/c1-14-10-11-16(25-2)13-18(14)26(23,24)21-12-6-9-17(21)19(22)20-15-7-4-3-5-8-15/h10-11,13,15,17H,3-9,12H2,1-2H3,(H,20,22)/t17-/m1/s1. The molecule has 0 radical (unpaired) electrons. The fourth-order valence-corrected chi connectivity index (χ4v) is 5.84. The van der Waals surface area contributed by atoms with Crippen molar-refractivity contribution in [1.82, 2.24) is 9.62 Å². The lowest BCUT2D eigenvalue weighted by Gasteiger charge is -2.28. The van der Waals surface area contributed by atoms with Crippen LogP contribution in [0.2, 0.25) is 0 Å². The fraction of sp³-hybridized carbons (Fsp3) is 0.632. The number of rotatable bonds is 5. The van der Waals surface area contributed by atoms with E-state index in [9.17, 15) is 13.2 Å². The molecule has 26 heavy (non-hydrogen) atoms. The highest BCUT2D eigenvalue weighted by molar-refractivity contribution is 7.89. The summed E-state index contributed by atoms with van der Waals surface area (Å²) < 4.78 is 33.0. The summed E-state index contributed by atoms with van der Waals surface area (Å²) in [5.41, 5.74) is 0.657. The van der Waals surface area contributed by atoms with Gasteiger partial charge in [-0.25, -0.2) is 8.42 Å². The first-order valence-corrected chi connectivity index (χ1v) is 10.8. The summed E-state index contributed by atoms with van der Waals surface area (Å²) in [6.07, 6.45) is 6.71. The molecule has 2 aliphatic rings. The second-order valence-electron chi connectivity index (χ2n) is 7.25. The predicted molar refractivity (Wildman–Crippen MR) is 99.7 cm³/mol. The van der Waals surface area contributed by atoms with Crippen molar-refractivity contribution >= 4 is 15.9 Å². The van der Waals surface area contributed by atoms with Crippen LogP contribution in [0.1, 0.15) is 50.5 Å². The Kier molecular flexibility index (Phi) is 5.87. The molecule has 3 rings (SSSR count). The molecule has 1 aromatic carbocycles. The molecule has 1 aromatic rings. The lowest BCUT2D eigenvalue weighted by molar-refractivity contribution is -0.125. The van der Waals surface area contributed by atoms with Gasteiger partial charge in [-0.3, -0.25) is 4.79 Å². The number of amides is 1. The van der Waals surface area contributed by atoms with Crippen molar-refractivity contribution in [2.45, 2.75) is 68.8 Å². The quantitative estimate of drug-likeness (QED) is 0.852. The molecule has 0 spiro atoms.